The van der Waals surface area contributed by atoms with Crippen molar-refractivity contribution < 1.29 is 29.6 Å². The number of carbonyl (C=O) groups is 1. The van der Waals surface area contributed by atoms with E-state index in [1.165, 1.54) is 14.1 Å². The molecule has 0 saturated carbocycles. The second-order valence-corrected chi connectivity index (χ2v) is 6.39. The van der Waals surface area contributed by atoms with Gasteiger partial charge in [0.2, 0.25) is 5.75 Å². The molecule has 0 atom stereocenters. The number of non-ortho nitro benzene ring substituents is 1. The number of phenolic OH excluding ortho intramolecular Hbond substituents is 1. The lowest BCUT2D eigenvalue weighted by molar-refractivity contribution is -0.394. The molecule has 2 rings (SSSR count). The maximum atomic E-state index is 12.3. The van der Waals surface area contributed by atoms with Gasteiger partial charge in [-0.3, -0.25) is 45.3 Å². The standard InChI is InChI=1S/C16H13N7O10/c1-19(2)14-11(21(28)29)4-8(5-12(14)22(30)31)16(25)18-17-7-9-3-10(20(26)27)6-13(15(9)24)23(32)33/h3-7,24H,1-2H3,(H,18,25). The van der Waals surface area contributed by atoms with Gasteiger partial charge in [-0.1, -0.05) is 0 Å². The lowest BCUT2D eigenvalue weighted by atomic mass is 10.1. The number of hydrogen-bond acceptors (Lipinski definition) is 12. The quantitative estimate of drug-likeness (QED) is 0.325. The third-order valence-corrected chi connectivity index (χ3v) is 4.05. The van der Waals surface area contributed by atoms with E-state index in [4.69, 9.17) is 0 Å². The van der Waals surface area contributed by atoms with Crippen molar-refractivity contribution in [3.05, 3.63) is 75.8 Å². The summed E-state index contributed by atoms with van der Waals surface area (Å²) < 4.78 is 0. The molecule has 172 valence electrons. The molecule has 0 heterocycles. The van der Waals surface area contributed by atoms with Crippen LogP contribution in [0.3, 0.4) is 0 Å². The van der Waals surface area contributed by atoms with Crippen LogP contribution >= 0.6 is 0 Å². The Morgan fingerprint density at radius 3 is 1.85 bits per heavy atom. The minimum Gasteiger partial charge on any atom is -0.502 e. The predicted molar refractivity (Wildman–Crippen MR) is 111 cm³/mol. The van der Waals surface area contributed by atoms with Gasteiger partial charge in [-0.05, 0) is 0 Å². The number of rotatable bonds is 8. The van der Waals surface area contributed by atoms with Gasteiger partial charge in [0.05, 0.1) is 43.1 Å². The van der Waals surface area contributed by atoms with Crippen LogP contribution in [-0.4, -0.2) is 51.0 Å². The van der Waals surface area contributed by atoms with Gasteiger partial charge in [0, 0.05) is 32.3 Å². The van der Waals surface area contributed by atoms with Crippen LogP contribution in [0.2, 0.25) is 0 Å². The van der Waals surface area contributed by atoms with Crippen molar-refractivity contribution >= 4 is 40.6 Å². The molecule has 17 heteroatoms. The molecule has 0 radical (unpaired) electrons. The number of hydrazone groups is 1. The highest BCUT2D eigenvalue weighted by atomic mass is 16.6. The minimum atomic E-state index is -1.14. The van der Waals surface area contributed by atoms with Gasteiger partial charge in [0.15, 0.2) is 5.69 Å². The first kappa shape index (κ1) is 24.1. The zero-order chi connectivity index (χ0) is 25.0. The molecule has 0 spiro atoms. The van der Waals surface area contributed by atoms with Gasteiger partial charge in [-0.25, -0.2) is 5.43 Å². The van der Waals surface area contributed by atoms with Gasteiger partial charge >= 0.3 is 5.69 Å². The highest BCUT2D eigenvalue weighted by Gasteiger charge is 2.30. The molecule has 2 N–H and O–H groups in total. The van der Waals surface area contributed by atoms with Crippen LogP contribution in [0, 0.1) is 40.5 Å². The normalized spacial score (nSPS) is 10.6. The zero-order valence-corrected chi connectivity index (χ0v) is 16.7. The SMILES string of the molecule is CN(C)c1c([N+](=O)[O-])cc(C(=O)NN=Cc2cc([N+](=O)[O-])cc([N+](=O)[O-])c2O)cc1[N+](=O)[O-]. The molecular formula is C16H13N7O10. The molecule has 0 saturated heterocycles. The minimum absolute atomic E-state index is 0.348. The van der Waals surface area contributed by atoms with Crippen molar-refractivity contribution in [2.24, 2.45) is 5.10 Å². The lowest BCUT2D eigenvalue weighted by Gasteiger charge is -2.13. The number of hydrogen-bond donors (Lipinski definition) is 2. The number of aromatic hydroxyl groups is 1. The van der Waals surface area contributed by atoms with Crippen LogP contribution in [-0.2, 0) is 0 Å². The van der Waals surface area contributed by atoms with Crippen molar-refractivity contribution in [2.75, 3.05) is 19.0 Å². The van der Waals surface area contributed by atoms with Gasteiger partial charge in [-0.15, -0.1) is 0 Å². The maximum absolute atomic E-state index is 12.3. The van der Waals surface area contributed by atoms with Crippen molar-refractivity contribution in [3.63, 3.8) is 0 Å². The largest absolute Gasteiger partial charge is 0.502 e. The van der Waals surface area contributed by atoms with E-state index in [2.05, 4.69) is 5.10 Å². The first-order chi connectivity index (χ1) is 15.3. The Hall–Kier alpha value is -5.22. The van der Waals surface area contributed by atoms with E-state index in [1.54, 1.807) is 0 Å². The molecule has 0 fully saturated rings. The molecule has 0 aliphatic heterocycles. The van der Waals surface area contributed by atoms with Crippen molar-refractivity contribution in [3.8, 4) is 5.75 Å². The van der Waals surface area contributed by atoms with Crippen molar-refractivity contribution in [1.82, 2.24) is 5.43 Å². The summed E-state index contributed by atoms with van der Waals surface area (Å²) in [7, 11) is 2.67. The molecule has 1 amide bonds. The Balaban J connectivity index is 2.44. The first-order valence-electron chi connectivity index (χ1n) is 8.48. The Morgan fingerprint density at radius 1 is 0.909 bits per heavy atom. The van der Waals surface area contributed by atoms with E-state index in [0.29, 0.717) is 12.3 Å². The lowest BCUT2D eigenvalue weighted by Crippen LogP contribution is -2.20. The van der Waals surface area contributed by atoms with Crippen LogP contribution in [0.1, 0.15) is 15.9 Å². The number of benzene rings is 2. The van der Waals surface area contributed by atoms with Gasteiger partial charge in [-0.2, -0.15) is 5.10 Å². The Kier molecular flexibility index (Phi) is 6.77. The van der Waals surface area contributed by atoms with Gasteiger partial charge < -0.3 is 10.0 Å². The number of nitrogens with one attached hydrogen (secondary N) is 1. The van der Waals surface area contributed by atoms with E-state index in [1.807, 2.05) is 5.43 Å². The topological polar surface area (TPSA) is 237 Å². The summed E-state index contributed by atoms with van der Waals surface area (Å²) in [6.07, 6.45) is 0.657. The molecule has 17 nitrogen and oxygen atoms in total. The molecule has 33 heavy (non-hydrogen) atoms. The summed E-state index contributed by atoms with van der Waals surface area (Å²) in [6, 6.07) is 2.83. The molecule has 2 aromatic carbocycles. The Bertz CT molecular complexity index is 1190. The summed E-state index contributed by atoms with van der Waals surface area (Å²) in [6.45, 7) is 0. The third-order valence-electron chi connectivity index (χ3n) is 4.05. The molecule has 0 bridgehead atoms. The summed E-state index contributed by atoms with van der Waals surface area (Å²) in [4.78, 5) is 54.2. The molecule has 0 aliphatic rings. The van der Waals surface area contributed by atoms with E-state index in [0.717, 1.165) is 23.1 Å². The maximum Gasteiger partial charge on any atom is 0.318 e. The number of nitro groups is 4. The third kappa shape index (κ3) is 5.10. The predicted octanol–water partition coefficient (Wildman–Crippen LogP) is 1.85. The summed E-state index contributed by atoms with van der Waals surface area (Å²) in [5, 5.41) is 57.9. The van der Waals surface area contributed by atoms with Crippen molar-refractivity contribution in [2.45, 2.75) is 0 Å². The Morgan fingerprint density at radius 2 is 1.42 bits per heavy atom. The summed E-state index contributed by atoms with van der Waals surface area (Å²) in [5.41, 5.74) is -2.65. The van der Waals surface area contributed by atoms with Crippen LogP contribution < -0.4 is 10.3 Å². The number of amides is 1. The number of nitrogens with zero attached hydrogens (tertiary/aromatic N) is 6. The van der Waals surface area contributed by atoms with E-state index in [-0.39, 0.29) is 5.69 Å². The number of phenols is 1. The van der Waals surface area contributed by atoms with E-state index in [9.17, 15) is 50.4 Å². The zero-order valence-electron chi connectivity index (χ0n) is 16.7. The summed E-state index contributed by atoms with van der Waals surface area (Å²) in [5.74, 6) is -2.10. The van der Waals surface area contributed by atoms with E-state index >= 15 is 0 Å². The average molecular weight is 463 g/mol. The van der Waals surface area contributed by atoms with E-state index < -0.39 is 65.2 Å². The summed E-state index contributed by atoms with van der Waals surface area (Å²) >= 11 is 0. The molecule has 2 aromatic rings. The van der Waals surface area contributed by atoms with Crippen molar-refractivity contribution in [1.29, 1.82) is 0 Å². The van der Waals surface area contributed by atoms with Crippen LogP contribution in [0.5, 0.6) is 5.75 Å². The van der Waals surface area contributed by atoms with Gasteiger partial charge in [0.1, 0.15) is 0 Å². The fourth-order valence-electron chi connectivity index (χ4n) is 2.67. The molecule has 0 aliphatic carbocycles. The van der Waals surface area contributed by atoms with Gasteiger partial charge in [0.25, 0.3) is 23.0 Å². The highest BCUT2D eigenvalue weighted by Crippen LogP contribution is 2.37. The smallest absolute Gasteiger partial charge is 0.318 e. The number of nitro benzene ring substituents is 4. The molecule has 0 aromatic heterocycles. The fourth-order valence-corrected chi connectivity index (χ4v) is 2.67. The highest BCUT2D eigenvalue weighted by molar-refractivity contribution is 5.98. The van der Waals surface area contributed by atoms with Crippen LogP contribution in [0.25, 0.3) is 0 Å². The molecular weight excluding hydrogens is 450 g/mol. The Labute approximate surface area is 182 Å². The monoisotopic (exact) mass is 463 g/mol. The number of carbonyl (C=O) groups excluding carboxylic acids is 1. The average Bonchev–Trinajstić information content (AvgIpc) is 2.72. The van der Waals surface area contributed by atoms with Crippen LogP contribution in [0.15, 0.2) is 29.4 Å². The first-order valence-corrected chi connectivity index (χ1v) is 8.48. The molecule has 0 unspecified atom stereocenters. The second kappa shape index (κ2) is 9.29. The van der Waals surface area contributed by atoms with Crippen LogP contribution in [0.4, 0.5) is 28.4 Å². The fraction of sp³-hybridized carbons (Fsp3) is 0.125. The second-order valence-electron chi connectivity index (χ2n) is 6.39. The number of anilines is 1.